The number of para-hydroxylation sites is 1. The highest BCUT2D eigenvalue weighted by Crippen LogP contribution is 2.39. The summed E-state index contributed by atoms with van der Waals surface area (Å²) < 4.78 is 8.41. The van der Waals surface area contributed by atoms with Crippen LogP contribution in [-0.2, 0) is 0 Å². The highest BCUT2D eigenvalue weighted by atomic mass is 16.3. The number of nitrogens with one attached hydrogen (secondary N) is 1. The lowest BCUT2D eigenvalue weighted by atomic mass is 9.96. The van der Waals surface area contributed by atoms with E-state index >= 15 is 0 Å². The van der Waals surface area contributed by atoms with Gasteiger partial charge in [0.1, 0.15) is 11.2 Å². The molecule has 0 aliphatic rings. The second-order valence-electron chi connectivity index (χ2n) is 16.2. The fourth-order valence-electron chi connectivity index (χ4n) is 9.41. The average Bonchev–Trinajstić information content (AvgIpc) is 4.03. The molecule has 0 saturated carbocycles. The van der Waals surface area contributed by atoms with Crippen molar-refractivity contribution in [2.75, 3.05) is 0 Å². The van der Waals surface area contributed by atoms with E-state index in [1.54, 1.807) is 6.20 Å². The minimum atomic E-state index is 0.847. The first-order valence-electron chi connectivity index (χ1n) is 21.1. The molecule has 0 amide bonds. The molecule has 0 fully saturated rings. The largest absolute Gasteiger partial charge is 0.456 e. The molecule has 6 heterocycles. The van der Waals surface area contributed by atoms with Crippen molar-refractivity contribution in [3.8, 4) is 61.5 Å². The Labute approximate surface area is 361 Å². The van der Waals surface area contributed by atoms with Crippen molar-refractivity contribution in [3.63, 3.8) is 0 Å². The number of fused-ring (bicyclic) bond motifs is 9. The molecule has 0 bridgehead atoms. The molecule has 7 aromatic carbocycles. The Kier molecular flexibility index (Phi) is 7.80. The van der Waals surface area contributed by atoms with Gasteiger partial charge in [-0.25, -0.2) is 4.98 Å². The van der Waals surface area contributed by atoms with E-state index in [9.17, 15) is 0 Å². The predicted molar refractivity (Wildman–Crippen MR) is 258 cm³/mol. The first-order chi connectivity index (χ1) is 31.2. The van der Waals surface area contributed by atoms with Crippen LogP contribution in [0.3, 0.4) is 0 Å². The van der Waals surface area contributed by atoms with Crippen molar-refractivity contribution in [1.29, 1.82) is 0 Å². The van der Waals surface area contributed by atoms with Gasteiger partial charge >= 0.3 is 0 Å². The molecule has 0 aliphatic carbocycles. The van der Waals surface area contributed by atoms with Gasteiger partial charge in [0.25, 0.3) is 0 Å². The van der Waals surface area contributed by atoms with Crippen LogP contribution < -0.4 is 0 Å². The number of hydrogen-bond acceptors (Lipinski definition) is 4. The van der Waals surface area contributed by atoms with Crippen molar-refractivity contribution in [2.45, 2.75) is 0 Å². The smallest absolute Gasteiger partial charge is 0.138 e. The molecule has 294 valence electrons. The number of pyridine rings is 3. The lowest BCUT2D eigenvalue weighted by Gasteiger charge is -2.09. The zero-order valence-corrected chi connectivity index (χ0v) is 33.8. The Morgan fingerprint density at radius 2 is 0.937 bits per heavy atom. The van der Waals surface area contributed by atoms with E-state index in [1.807, 2.05) is 30.7 Å². The minimum absolute atomic E-state index is 0.847. The third-order valence-corrected chi connectivity index (χ3v) is 12.5. The van der Waals surface area contributed by atoms with Crippen LogP contribution in [0, 0.1) is 0 Å². The molecule has 1 N–H and O–H groups in total. The Hall–Kier alpha value is -8.61. The van der Waals surface area contributed by atoms with Crippen LogP contribution in [0.1, 0.15) is 0 Å². The Morgan fingerprint density at radius 1 is 0.381 bits per heavy atom. The van der Waals surface area contributed by atoms with Crippen molar-refractivity contribution in [1.82, 2.24) is 24.5 Å². The summed E-state index contributed by atoms with van der Waals surface area (Å²) in [5, 5.41) is 5.50. The maximum absolute atomic E-state index is 6.08. The van der Waals surface area contributed by atoms with Gasteiger partial charge in [-0.1, -0.05) is 91.0 Å². The molecule has 0 spiro atoms. The summed E-state index contributed by atoms with van der Waals surface area (Å²) in [6.45, 7) is 0. The van der Waals surface area contributed by atoms with E-state index in [0.29, 0.717) is 0 Å². The SMILES string of the molecule is c1ccc(-n2c3ccc(-c4cccc(-c5ccc6[nH]c7ccncc7c6c5)c4)cc3c3nc(-c4cccc(-c5cccc(-c6ccc7oc8ccncc8c7c6)c5)c4)ccc32)cc1. The lowest BCUT2D eigenvalue weighted by Crippen LogP contribution is -1.93. The minimum Gasteiger partial charge on any atom is -0.456 e. The molecule has 13 aromatic rings. The average molecular weight is 806 g/mol. The molecule has 6 aromatic heterocycles. The summed E-state index contributed by atoms with van der Waals surface area (Å²) in [5.41, 5.74) is 19.3. The summed E-state index contributed by atoms with van der Waals surface area (Å²) in [5.74, 6) is 0. The Balaban J connectivity index is 0.896. The van der Waals surface area contributed by atoms with Crippen LogP contribution in [0.5, 0.6) is 0 Å². The molecule has 0 radical (unpaired) electrons. The van der Waals surface area contributed by atoms with Crippen LogP contribution in [0.2, 0.25) is 0 Å². The van der Waals surface area contributed by atoms with Crippen molar-refractivity contribution in [3.05, 3.63) is 207 Å². The van der Waals surface area contributed by atoms with E-state index < -0.39 is 0 Å². The van der Waals surface area contributed by atoms with Crippen molar-refractivity contribution < 1.29 is 4.42 Å². The van der Waals surface area contributed by atoms with E-state index in [2.05, 4.69) is 189 Å². The van der Waals surface area contributed by atoms with Gasteiger partial charge in [-0.05, 0) is 136 Å². The maximum Gasteiger partial charge on any atom is 0.138 e. The molecule has 0 saturated heterocycles. The van der Waals surface area contributed by atoms with Gasteiger partial charge in [-0.15, -0.1) is 0 Å². The van der Waals surface area contributed by atoms with E-state index in [1.165, 1.54) is 10.9 Å². The van der Waals surface area contributed by atoms with Crippen LogP contribution in [-0.4, -0.2) is 24.5 Å². The second-order valence-corrected chi connectivity index (χ2v) is 16.2. The van der Waals surface area contributed by atoms with E-state index in [-0.39, 0.29) is 0 Å². The summed E-state index contributed by atoms with van der Waals surface area (Å²) in [4.78, 5) is 17.7. The number of benzene rings is 7. The Morgan fingerprint density at radius 3 is 1.68 bits per heavy atom. The summed E-state index contributed by atoms with van der Waals surface area (Å²) in [7, 11) is 0. The van der Waals surface area contributed by atoms with Gasteiger partial charge in [-0.2, -0.15) is 0 Å². The van der Waals surface area contributed by atoms with Crippen LogP contribution >= 0.6 is 0 Å². The number of aromatic nitrogens is 5. The summed E-state index contributed by atoms with van der Waals surface area (Å²) >= 11 is 0. The molecule has 0 unspecified atom stereocenters. The van der Waals surface area contributed by atoms with E-state index in [0.717, 1.165) is 116 Å². The van der Waals surface area contributed by atoms with Gasteiger partial charge in [0.15, 0.2) is 0 Å². The topological polar surface area (TPSA) is 72.5 Å². The highest BCUT2D eigenvalue weighted by Gasteiger charge is 2.17. The second kappa shape index (κ2) is 14.0. The maximum atomic E-state index is 6.08. The monoisotopic (exact) mass is 805 g/mol. The fourth-order valence-corrected chi connectivity index (χ4v) is 9.41. The van der Waals surface area contributed by atoms with Crippen LogP contribution in [0.15, 0.2) is 211 Å². The van der Waals surface area contributed by atoms with Crippen LogP contribution in [0.25, 0.3) is 127 Å². The quantitative estimate of drug-likeness (QED) is 0.182. The number of aromatic amines is 1. The first kappa shape index (κ1) is 35.2. The number of rotatable bonds is 6. The molecule has 0 aliphatic heterocycles. The van der Waals surface area contributed by atoms with Crippen molar-refractivity contribution >= 4 is 65.7 Å². The van der Waals surface area contributed by atoms with Gasteiger partial charge < -0.3 is 14.0 Å². The molecule has 13 rings (SSSR count). The molecule has 63 heavy (non-hydrogen) atoms. The van der Waals surface area contributed by atoms with Gasteiger partial charge in [0.05, 0.1) is 22.2 Å². The Bertz CT molecular complexity index is 3930. The van der Waals surface area contributed by atoms with Gasteiger partial charge in [-0.3, -0.25) is 9.97 Å². The lowest BCUT2D eigenvalue weighted by molar-refractivity contribution is 0.668. The molecule has 0 atom stereocenters. The normalized spacial score (nSPS) is 11.8. The van der Waals surface area contributed by atoms with Crippen LogP contribution in [0.4, 0.5) is 0 Å². The number of furan rings is 1. The molecule has 6 nitrogen and oxygen atoms in total. The molecular weight excluding hydrogens is 771 g/mol. The zero-order valence-electron chi connectivity index (χ0n) is 33.8. The molecule has 6 heteroatoms. The van der Waals surface area contributed by atoms with E-state index in [4.69, 9.17) is 9.40 Å². The summed E-state index contributed by atoms with van der Waals surface area (Å²) in [6.07, 6.45) is 7.41. The summed E-state index contributed by atoms with van der Waals surface area (Å²) in [6, 6.07) is 65.0. The number of hydrogen-bond donors (Lipinski definition) is 1. The molecular formula is C57H35N5O. The first-order valence-corrected chi connectivity index (χ1v) is 21.1. The predicted octanol–water partition coefficient (Wildman–Crippen LogP) is 14.8. The standard InChI is InChI=1S/C57H35N5O/c1-2-13-44(14-3-1)62-53-20-16-41(37-9-5-8-36(28-37)40-15-18-51-45(30-40)48-33-58-25-23-52(48)60-51)32-47(53)57-54(62)21-19-50(61-57)43-12-6-11-39(29-43)35-7-4-10-38(27-35)42-17-22-55-46(31-42)49-34-59-26-24-56(49)63-55/h1-34,60H. The highest BCUT2D eigenvalue weighted by molar-refractivity contribution is 6.10. The third-order valence-electron chi connectivity index (χ3n) is 12.5. The fraction of sp³-hybridized carbons (Fsp3) is 0. The zero-order chi connectivity index (χ0) is 41.4. The third kappa shape index (κ3) is 5.84. The van der Waals surface area contributed by atoms with Crippen molar-refractivity contribution in [2.24, 2.45) is 0 Å². The van der Waals surface area contributed by atoms with Gasteiger partial charge in [0, 0.05) is 74.0 Å². The van der Waals surface area contributed by atoms with Gasteiger partial charge in [0.2, 0.25) is 0 Å². The number of H-pyrrole nitrogens is 1. The number of nitrogens with zero attached hydrogens (tertiary/aromatic N) is 4.